The van der Waals surface area contributed by atoms with E-state index in [9.17, 15) is 19.5 Å². The lowest BCUT2D eigenvalue weighted by Gasteiger charge is -2.17. The van der Waals surface area contributed by atoms with Crippen molar-refractivity contribution >= 4 is 29.3 Å². The second-order valence-electron chi connectivity index (χ2n) is 9.06. The van der Waals surface area contributed by atoms with Crippen LogP contribution in [0.25, 0.3) is 11.1 Å². The fourth-order valence-corrected chi connectivity index (χ4v) is 4.02. The fourth-order valence-electron chi connectivity index (χ4n) is 4.02. The molecule has 0 saturated carbocycles. The first-order valence-electron chi connectivity index (χ1n) is 11.6. The van der Waals surface area contributed by atoms with Crippen LogP contribution in [-0.2, 0) is 0 Å². The van der Waals surface area contributed by atoms with Crippen LogP contribution >= 0.6 is 0 Å². The van der Waals surface area contributed by atoms with Crippen molar-refractivity contribution in [2.24, 2.45) is 11.7 Å². The van der Waals surface area contributed by atoms with Crippen molar-refractivity contribution < 1.29 is 19.5 Å². The molecule has 0 aliphatic heterocycles. The molecule has 8 heteroatoms. The molecular weight excluding hydrogens is 456 g/mol. The van der Waals surface area contributed by atoms with Crippen LogP contribution in [0.3, 0.4) is 0 Å². The molecular formula is C28H30N4O4. The molecule has 0 bridgehead atoms. The number of carbonyl (C=O) groups is 3. The number of aromatic carboxylic acids is 1. The molecule has 0 saturated heterocycles. The van der Waals surface area contributed by atoms with Gasteiger partial charge in [-0.1, -0.05) is 38.1 Å². The van der Waals surface area contributed by atoms with Gasteiger partial charge in [0.05, 0.1) is 5.56 Å². The summed E-state index contributed by atoms with van der Waals surface area (Å²) in [6, 6.07) is 17.6. The Bertz CT molecular complexity index is 1300. The van der Waals surface area contributed by atoms with E-state index in [1.807, 2.05) is 6.92 Å². The fraction of sp³-hybridized carbons (Fsp3) is 0.214. The largest absolute Gasteiger partial charge is 0.478 e. The number of nitrogens with two attached hydrogens (primary N) is 1. The first-order valence-corrected chi connectivity index (χ1v) is 11.6. The molecule has 0 aliphatic rings. The molecule has 0 heterocycles. The third-order valence-corrected chi connectivity index (χ3v) is 5.63. The highest BCUT2D eigenvalue weighted by Gasteiger charge is 2.21. The highest BCUT2D eigenvalue weighted by Crippen LogP contribution is 2.29. The highest BCUT2D eigenvalue weighted by atomic mass is 16.4. The van der Waals surface area contributed by atoms with Gasteiger partial charge in [0, 0.05) is 28.4 Å². The van der Waals surface area contributed by atoms with Crippen LogP contribution in [0.5, 0.6) is 0 Å². The predicted octanol–water partition coefficient (Wildman–Crippen LogP) is 4.75. The number of carboxylic acids is 1. The second-order valence-corrected chi connectivity index (χ2v) is 9.06. The molecule has 0 aromatic heterocycles. The Morgan fingerprint density at radius 3 is 2.08 bits per heavy atom. The van der Waals surface area contributed by atoms with Crippen LogP contribution < -0.4 is 16.4 Å². The van der Waals surface area contributed by atoms with Crippen molar-refractivity contribution in [1.82, 2.24) is 5.32 Å². The van der Waals surface area contributed by atoms with E-state index < -0.39 is 11.9 Å². The molecule has 3 rings (SSSR count). The van der Waals surface area contributed by atoms with Gasteiger partial charge in [-0.3, -0.25) is 15.0 Å². The number of nitrogens with one attached hydrogen (secondary N) is 3. The molecule has 0 aliphatic carbocycles. The number of hydrogen-bond acceptors (Lipinski definition) is 4. The normalized spacial score (nSPS) is 11.6. The van der Waals surface area contributed by atoms with Crippen molar-refractivity contribution in [1.29, 1.82) is 5.41 Å². The first-order chi connectivity index (χ1) is 17.1. The van der Waals surface area contributed by atoms with E-state index in [4.69, 9.17) is 11.1 Å². The van der Waals surface area contributed by atoms with E-state index in [0.717, 1.165) is 6.42 Å². The topological polar surface area (TPSA) is 145 Å². The molecule has 3 aromatic rings. The molecule has 0 fully saturated rings. The highest BCUT2D eigenvalue weighted by molar-refractivity contribution is 6.11. The first kappa shape index (κ1) is 26.2. The van der Waals surface area contributed by atoms with Crippen LogP contribution in [0.1, 0.15) is 63.8 Å². The lowest BCUT2D eigenvalue weighted by molar-refractivity contribution is 0.0697. The van der Waals surface area contributed by atoms with Crippen LogP contribution in [0, 0.1) is 11.3 Å². The minimum absolute atomic E-state index is 0.0561. The van der Waals surface area contributed by atoms with Gasteiger partial charge in [0.15, 0.2) is 0 Å². The van der Waals surface area contributed by atoms with Crippen LogP contribution in [0.2, 0.25) is 0 Å². The van der Waals surface area contributed by atoms with E-state index >= 15 is 0 Å². The van der Waals surface area contributed by atoms with Crippen molar-refractivity contribution in [2.75, 3.05) is 5.32 Å². The Morgan fingerprint density at radius 2 is 1.47 bits per heavy atom. The van der Waals surface area contributed by atoms with Gasteiger partial charge in [-0.05, 0) is 72.9 Å². The standard InChI is InChI=1S/C28H30N4O4/c1-16(2)14-17(3)31-26(33)19-10-13-22(24(15-19)28(35)36)21-6-4-5-7-23(21)27(34)32-20-11-8-18(9-12-20)25(29)30/h4-13,15-17H,14H2,1-3H3,(H3,29,30)(H,31,33)(H,32,34)(H,35,36). The zero-order valence-corrected chi connectivity index (χ0v) is 20.5. The van der Waals surface area contributed by atoms with E-state index in [0.29, 0.717) is 28.3 Å². The SMILES string of the molecule is CC(C)CC(C)NC(=O)c1ccc(-c2ccccc2C(=O)Nc2ccc(C(=N)N)cc2)c(C(=O)O)c1. The number of nitrogen functional groups attached to an aromatic ring is 1. The minimum atomic E-state index is -1.20. The van der Waals surface area contributed by atoms with Gasteiger partial charge in [-0.2, -0.15) is 0 Å². The summed E-state index contributed by atoms with van der Waals surface area (Å²) in [4.78, 5) is 38.0. The summed E-state index contributed by atoms with van der Waals surface area (Å²) in [6.45, 7) is 6.04. The van der Waals surface area contributed by atoms with Crippen molar-refractivity contribution in [3.63, 3.8) is 0 Å². The Morgan fingerprint density at radius 1 is 0.861 bits per heavy atom. The molecule has 186 valence electrons. The number of rotatable bonds is 9. The van der Waals surface area contributed by atoms with Gasteiger partial charge in [-0.15, -0.1) is 0 Å². The maximum atomic E-state index is 13.1. The summed E-state index contributed by atoms with van der Waals surface area (Å²) in [5.41, 5.74) is 7.69. The van der Waals surface area contributed by atoms with Crippen molar-refractivity contribution in [3.05, 3.63) is 89.0 Å². The predicted molar refractivity (Wildman–Crippen MR) is 141 cm³/mol. The van der Waals surface area contributed by atoms with Crippen LogP contribution in [0.15, 0.2) is 66.7 Å². The Hall–Kier alpha value is -4.46. The smallest absolute Gasteiger partial charge is 0.336 e. The van der Waals surface area contributed by atoms with Crippen LogP contribution in [0.4, 0.5) is 5.69 Å². The molecule has 1 unspecified atom stereocenters. The van der Waals surface area contributed by atoms with Gasteiger partial charge >= 0.3 is 5.97 Å². The number of anilines is 1. The molecule has 0 spiro atoms. The summed E-state index contributed by atoms with van der Waals surface area (Å²) >= 11 is 0. The average molecular weight is 487 g/mol. The van der Waals surface area contributed by atoms with Gasteiger partial charge in [0.1, 0.15) is 5.84 Å². The Balaban J connectivity index is 1.92. The van der Waals surface area contributed by atoms with E-state index in [2.05, 4.69) is 24.5 Å². The second kappa shape index (κ2) is 11.3. The number of hydrogen-bond donors (Lipinski definition) is 5. The molecule has 1 atom stereocenters. The number of benzene rings is 3. The maximum absolute atomic E-state index is 13.1. The van der Waals surface area contributed by atoms with Gasteiger partial charge in [-0.25, -0.2) is 4.79 Å². The number of carboxylic acid groups (broad SMARTS) is 1. The van der Waals surface area contributed by atoms with Gasteiger partial charge in [0.2, 0.25) is 0 Å². The third kappa shape index (κ3) is 6.35. The molecule has 0 radical (unpaired) electrons. The van der Waals surface area contributed by atoms with E-state index in [1.54, 1.807) is 60.7 Å². The quantitative estimate of drug-likeness (QED) is 0.219. The zero-order chi connectivity index (χ0) is 26.4. The lowest BCUT2D eigenvalue weighted by atomic mass is 9.93. The van der Waals surface area contributed by atoms with Gasteiger partial charge < -0.3 is 21.5 Å². The Kier molecular flexibility index (Phi) is 8.22. The lowest BCUT2D eigenvalue weighted by Crippen LogP contribution is -2.33. The van der Waals surface area contributed by atoms with Gasteiger partial charge in [0.25, 0.3) is 11.8 Å². The minimum Gasteiger partial charge on any atom is -0.478 e. The zero-order valence-electron chi connectivity index (χ0n) is 20.5. The number of amidine groups is 1. The Labute approximate surface area is 210 Å². The monoisotopic (exact) mass is 486 g/mol. The summed E-state index contributed by atoms with van der Waals surface area (Å²) < 4.78 is 0. The summed E-state index contributed by atoms with van der Waals surface area (Å²) in [5, 5.41) is 23.1. The third-order valence-electron chi connectivity index (χ3n) is 5.63. The van der Waals surface area contributed by atoms with E-state index in [1.165, 1.54) is 6.07 Å². The average Bonchev–Trinajstić information content (AvgIpc) is 2.83. The summed E-state index contributed by atoms with van der Waals surface area (Å²) in [7, 11) is 0. The summed E-state index contributed by atoms with van der Waals surface area (Å²) in [5.74, 6) is -1.65. The van der Waals surface area contributed by atoms with E-state index in [-0.39, 0.29) is 34.5 Å². The van der Waals surface area contributed by atoms with Crippen molar-refractivity contribution in [3.8, 4) is 11.1 Å². The molecule has 36 heavy (non-hydrogen) atoms. The number of amides is 2. The van der Waals surface area contributed by atoms with Crippen molar-refractivity contribution in [2.45, 2.75) is 33.2 Å². The molecule has 3 aromatic carbocycles. The number of carbonyl (C=O) groups excluding carboxylic acids is 2. The molecule has 8 nitrogen and oxygen atoms in total. The van der Waals surface area contributed by atoms with Crippen LogP contribution in [-0.4, -0.2) is 34.8 Å². The summed E-state index contributed by atoms with van der Waals surface area (Å²) in [6.07, 6.45) is 0.801. The molecule has 2 amide bonds. The molecule has 6 N–H and O–H groups in total. The maximum Gasteiger partial charge on any atom is 0.336 e.